The van der Waals surface area contributed by atoms with Crippen LogP contribution in [0.3, 0.4) is 0 Å². The molecule has 0 spiro atoms. The Morgan fingerprint density at radius 2 is 1.00 bits per heavy atom. The summed E-state index contributed by atoms with van der Waals surface area (Å²) in [4.78, 5) is 26.3. The van der Waals surface area contributed by atoms with Gasteiger partial charge in [0.1, 0.15) is 0 Å². The SMILES string of the molecule is O=C([O-])c1cccc(C(=O)[O-])c1.c1cc[nH+]cc1.c1cc[nH+]cc1. The standard InChI is InChI=1S/C8H6O4.2C5H5N/c9-7(10)5-2-1-3-6(4-5)8(11)12;2*1-2-4-6-5-3-1/h1-4H,(H,9,10)(H,11,12);2*1-5H. The average molecular weight is 324 g/mol. The van der Waals surface area contributed by atoms with Gasteiger partial charge in [0.05, 0.1) is 11.9 Å². The van der Waals surface area contributed by atoms with Crippen molar-refractivity contribution in [1.82, 2.24) is 0 Å². The summed E-state index contributed by atoms with van der Waals surface area (Å²) >= 11 is 0. The van der Waals surface area contributed by atoms with Crippen molar-refractivity contribution in [2.45, 2.75) is 0 Å². The van der Waals surface area contributed by atoms with Crippen molar-refractivity contribution < 1.29 is 29.8 Å². The molecule has 0 unspecified atom stereocenters. The molecule has 1 aromatic carbocycles. The Morgan fingerprint density at radius 3 is 1.21 bits per heavy atom. The minimum absolute atomic E-state index is 0.170. The predicted molar refractivity (Wildman–Crippen MR) is 81.1 cm³/mol. The fraction of sp³-hybridized carbons (Fsp3) is 0. The van der Waals surface area contributed by atoms with Crippen LogP contribution in [0.5, 0.6) is 0 Å². The summed E-state index contributed by atoms with van der Waals surface area (Å²) in [6.45, 7) is 0. The highest BCUT2D eigenvalue weighted by Crippen LogP contribution is 2.02. The summed E-state index contributed by atoms with van der Waals surface area (Å²) < 4.78 is 0. The van der Waals surface area contributed by atoms with Gasteiger partial charge in [0.25, 0.3) is 0 Å². The molecule has 3 aromatic rings. The first kappa shape index (κ1) is 18.5. The molecule has 0 saturated carbocycles. The lowest BCUT2D eigenvalue weighted by Crippen LogP contribution is -2.25. The molecule has 6 heteroatoms. The number of carbonyl (C=O) groups excluding carboxylic acids is 2. The van der Waals surface area contributed by atoms with Crippen LogP contribution in [0.15, 0.2) is 85.5 Å². The number of benzene rings is 1. The number of carboxylic acids is 2. The van der Waals surface area contributed by atoms with Crippen LogP contribution in [0, 0.1) is 0 Å². The zero-order chi connectivity index (χ0) is 17.6. The van der Waals surface area contributed by atoms with E-state index in [0.717, 1.165) is 6.07 Å². The number of aromatic amines is 2. The summed E-state index contributed by atoms with van der Waals surface area (Å²) in [5, 5.41) is 20.5. The van der Waals surface area contributed by atoms with Crippen LogP contribution in [0.2, 0.25) is 0 Å². The number of aromatic nitrogens is 2. The molecule has 24 heavy (non-hydrogen) atoms. The molecule has 6 nitrogen and oxygen atoms in total. The Kier molecular flexibility index (Phi) is 8.55. The second-order valence-corrected chi connectivity index (χ2v) is 4.31. The fourth-order valence-corrected chi connectivity index (χ4v) is 1.46. The fourth-order valence-electron chi connectivity index (χ4n) is 1.46. The monoisotopic (exact) mass is 324 g/mol. The largest absolute Gasteiger partial charge is 0.545 e. The third-order valence-electron chi connectivity index (χ3n) is 2.55. The maximum atomic E-state index is 10.3. The number of carboxylic acid groups (broad SMARTS) is 2. The number of nitrogens with one attached hydrogen (secondary N) is 2. The van der Waals surface area contributed by atoms with Gasteiger partial charge in [-0.15, -0.1) is 0 Å². The topological polar surface area (TPSA) is 109 Å². The summed E-state index contributed by atoms with van der Waals surface area (Å²) in [7, 11) is 0. The Morgan fingerprint density at radius 1 is 0.625 bits per heavy atom. The molecule has 0 aliphatic heterocycles. The number of pyridine rings is 2. The number of carbonyl (C=O) groups is 2. The van der Waals surface area contributed by atoms with Crippen LogP contribution in [0.4, 0.5) is 0 Å². The van der Waals surface area contributed by atoms with Gasteiger partial charge in [-0.3, -0.25) is 0 Å². The van der Waals surface area contributed by atoms with Crippen LogP contribution in [0.25, 0.3) is 0 Å². The van der Waals surface area contributed by atoms with Gasteiger partial charge in [0, 0.05) is 24.3 Å². The highest BCUT2D eigenvalue weighted by molar-refractivity contribution is 5.91. The number of H-pyrrole nitrogens is 2. The van der Waals surface area contributed by atoms with E-state index in [1.165, 1.54) is 18.2 Å². The summed E-state index contributed by atoms with van der Waals surface area (Å²) in [5.74, 6) is -2.81. The normalized spacial score (nSPS) is 8.67. The molecule has 0 aliphatic carbocycles. The van der Waals surface area contributed by atoms with Crippen molar-refractivity contribution in [3.05, 3.63) is 96.6 Å². The van der Waals surface area contributed by atoms with Crippen LogP contribution in [-0.2, 0) is 0 Å². The van der Waals surface area contributed by atoms with Crippen molar-refractivity contribution in [1.29, 1.82) is 0 Å². The summed E-state index contributed by atoms with van der Waals surface area (Å²) in [5.41, 5.74) is -0.339. The number of hydrogen-bond donors (Lipinski definition) is 0. The number of hydrogen-bond acceptors (Lipinski definition) is 4. The zero-order valence-corrected chi connectivity index (χ0v) is 12.7. The molecule has 2 N–H and O–H groups in total. The van der Waals surface area contributed by atoms with E-state index in [4.69, 9.17) is 0 Å². The first-order valence-electron chi connectivity index (χ1n) is 6.96. The Hall–Kier alpha value is -3.54. The second kappa shape index (κ2) is 11.1. The van der Waals surface area contributed by atoms with Crippen LogP contribution in [0.1, 0.15) is 20.7 Å². The maximum Gasteiger partial charge on any atom is 0.166 e. The molecule has 3 rings (SSSR count). The lowest BCUT2D eigenvalue weighted by atomic mass is 10.1. The molecular weight excluding hydrogens is 308 g/mol. The minimum atomic E-state index is -1.40. The van der Waals surface area contributed by atoms with Crippen molar-refractivity contribution in [2.24, 2.45) is 0 Å². The van der Waals surface area contributed by atoms with E-state index in [0.29, 0.717) is 0 Å². The van der Waals surface area contributed by atoms with Gasteiger partial charge in [-0.2, -0.15) is 0 Å². The van der Waals surface area contributed by atoms with Crippen molar-refractivity contribution in [2.75, 3.05) is 0 Å². The molecule has 2 heterocycles. The first-order valence-corrected chi connectivity index (χ1v) is 6.96. The van der Waals surface area contributed by atoms with E-state index in [1.54, 1.807) is 0 Å². The van der Waals surface area contributed by atoms with E-state index in [1.807, 2.05) is 61.2 Å². The van der Waals surface area contributed by atoms with Gasteiger partial charge >= 0.3 is 0 Å². The van der Waals surface area contributed by atoms with E-state index >= 15 is 0 Å². The molecule has 0 aliphatic rings. The predicted octanol–water partition coefficient (Wildman–Crippen LogP) is -0.585. The summed E-state index contributed by atoms with van der Waals surface area (Å²) in [6, 6.07) is 16.5. The molecule has 122 valence electrons. The molecule has 0 atom stereocenters. The number of aromatic carboxylic acids is 2. The van der Waals surface area contributed by atoms with Gasteiger partial charge in [-0.25, -0.2) is 9.97 Å². The van der Waals surface area contributed by atoms with Crippen molar-refractivity contribution in [3.8, 4) is 0 Å². The van der Waals surface area contributed by atoms with Gasteiger partial charge in [0.2, 0.25) is 0 Å². The molecule has 0 amide bonds. The van der Waals surface area contributed by atoms with Crippen molar-refractivity contribution >= 4 is 11.9 Å². The first-order chi connectivity index (χ1) is 11.6. The quantitative estimate of drug-likeness (QED) is 0.628. The van der Waals surface area contributed by atoms with Gasteiger partial charge < -0.3 is 19.8 Å². The Bertz CT molecular complexity index is 620. The van der Waals surface area contributed by atoms with E-state index in [-0.39, 0.29) is 11.1 Å². The third kappa shape index (κ3) is 8.04. The van der Waals surface area contributed by atoms with E-state index in [2.05, 4.69) is 9.97 Å². The van der Waals surface area contributed by atoms with Gasteiger partial charge in [-0.05, 0) is 17.2 Å². The van der Waals surface area contributed by atoms with Crippen LogP contribution in [-0.4, -0.2) is 11.9 Å². The van der Waals surface area contributed by atoms with E-state index < -0.39 is 11.9 Å². The molecule has 0 radical (unpaired) electrons. The molecule has 0 bridgehead atoms. The Labute approximate surface area is 139 Å². The molecule has 0 saturated heterocycles. The van der Waals surface area contributed by atoms with Crippen LogP contribution < -0.4 is 20.2 Å². The second-order valence-electron chi connectivity index (χ2n) is 4.31. The third-order valence-corrected chi connectivity index (χ3v) is 2.55. The summed E-state index contributed by atoms with van der Waals surface area (Å²) in [6.07, 6.45) is 7.50. The molecule has 0 fully saturated rings. The van der Waals surface area contributed by atoms with E-state index in [9.17, 15) is 19.8 Å². The minimum Gasteiger partial charge on any atom is -0.545 e. The lowest BCUT2D eigenvalue weighted by molar-refractivity contribution is -0.378. The highest BCUT2D eigenvalue weighted by Gasteiger charge is 1.96. The highest BCUT2D eigenvalue weighted by atomic mass is 16.4. The number of rotatable bonds is 2. The molecule has 2 aromatic heterocycles. The lowest BCUT2D eigenvalue weighted by Gasteiger charge is -2.05. The van der Waals surface area contributed by atoms with Crippen molar-refractivity contribution in [3.63, 3.8) is 0 Å². The smallest absolute Gasteiger partial charge is 0.166 e. The van der Waals surface area contributed by atoms with Gasteiger partial charge in [-0.1, -0.05) is 30.3 Å². The molecular formula is C18H16N2O4. The average Bonchev–Trinajstić information content (AvgIpc) is 2.65. The zero-order valence-electron chi connectivity index (χ0n) is 12.7. The Balaban J connectivity index is 0.000000200. The van der Waals surface area contributed by atoms with Crippen LogP contribution >= 0.6 is 0 Å². The maximum absolute atomic E-state index is 10.3. The van der Waals surface area contributed by atoms with Gasteiger partial charge in [0.15, 0.2) is 24.8 Å².